The number of anilines is 1. The van der Waals surface area contributed by atoms with Crippen LogP contribution in [0.3, 0.4) is 0 Å². The predicted molar refractivity (Wildman–Crippen MR) is 96.8 cm³/mol. The van der Waals surface area contributed by atoms with E-state index in [0.29, 0.717) is 6.42 Å². The van der Waals surface area contributed by atoms with Gasteiger partial charge in [-0.05, 0) is 53.8 Å². The van der Waals surface area contributed by atoms with Crippen LogP contribution in [0.15, 0.2) is 60.7 Å². The molecule has 3 rings (SSSR count). The average molecular weight is 303 g/mol. The van der Waals surface area contributed by atoms with Crippen molar-refractivity contribution in [2.45, 2.75) is 26.7 Å². The molecule has 2 heteroatoms. The maximum atomic E-state index is 12.3. The van der Waals surface area contributed by atoms with Gasteiger partial charge in [-0.2, -0.15) is 0 Å². The number of hydrogen-bond donors (Lipinski definition) is 1. The van der Waals surface area contributed by atoms with Crippen LogP contribution in [0, 0.1) is 13.8 Å². The van der Waals surface area contributed by atoms with Crippen molar-refractivity contribution >= 4 is 22.4 Å². The summed E-state index contributed by atoms with van der Waals surface area (Å²) in [6.45, 7) is 4.09. The molecule has 0 bridgehead atoms. The minimum absolute atomic E-state index is 0.0617. The first kappa shape index (κ1) is 15.3. The van der Waals surface area contributed by atoms with Gasteiger partial charge in [0.15, 0.2) is 0 Å². The van der Waals surface area contributed by atoms with Gasteiger partial charge in [0.25, 0.3) is 0 Å². The van der Waals surface area contributed by atoms with Crippen LogP contribution in [0.4, 0.5) is 5.69 Å². The molecule has 0 aliphatic carbocycles. The van der Waals surface area contributed by atoms with Crippen molar-refractivity contribution in [3.05, 3.63) is 77.4 Å². The number of rotatable bonds is 4. The predicted octanol–water partition coefficient (Wildman–Crippen LogP) is 5.03. The number of aryl methyl sites for hydroxylation is 2. The highest BCUT2D eigenvalue weighted by molar-refractivity contribution is 5.92. The molecule has 0 unspecified atom stereocenters. The van der Waals surface area contributed by atoms with Gasteiger partial charge in [0.2, 0.25) is 5.91 Å². The second kappa shape index (κ2) is 6.66. The fourth-order valence-corrected chi connectivity index (χ4v) is 2.86. The monoisotopic (exact) mass is 303 g/mol. The van der Waals surface area contributed by atoms with Crippen LogP contribution in [-0.4, -0.2) is 5.91 Å². The summed E-state index contributed by atoms with van der Waals surface area (Å²) in [4.78, 5) is 12.3. The van der Waals surface area contributed by atoms with Crippen LogP contribution < -0.4 is 5.32 Å². The Kier molecular flexibility index (Phi) is 4.42. The zero-order valence-corrected chi connectivity index (χ0v) is 13.6. The van der Waals surface area contributed by atoms with Gasteiger partial charge in [-0.25, -0.2) is 0 Å². The quantitative estimate of drug-likeness (QED) is 0.719. The molecular weight excluding hydrogens is 282 g/mol. The smallest absolute Gasteiger partial charge is 0.224 e. The van der Waals surface area contributed by atoms with E-state index in [1.165, 1.54) is 21.9 Å². The topological polar surface area (TPSA) is 29.1 Å². The zero-order chi connectivity index (χ0) is 16.2. The number of carbonyl (C=O) groups is 1. The molecule has 116 valence electrons. The standard InChI is InChI=1S/C21H21NO/c1-15-7-5-12-20(16(15)2)22-21(23)14-13-18-10-6-9-17-8-3-4-11-19(17)18/h3-12H,13-14H2,1-2H3,(H,22,23). The minimum Gasteiger partial charge on any atom is -0.326 e. The second-order valence-corrected chi connectivity index (χ2v) is 5.93. The van der Waals surface area contributed by atoms with Crippen LogP contribution in [0.5, 0.6) is 0 Å². The van der Waals surface area contributed by atoms with Gasteiger partial charge in [-0.1, -0.05) is 54.6 Å². The first-order valence-corrected chi connectivity index (χ1v) is 7.98. The Hall–Kier alpha value is -2.61. The summed E-state index contributed by atoms with van der Waals surface area (Å²) in [5, 5.41) is 5.48. The molecule has 0 aliphatic heterocycles. The fourth-order valence-electron chi connectivity index (χ4n) is 2.86. The Morgan fingerprint density at radius 1 is 0.913 bits per heavy atom. The lowest BCUT2D eigenvalue weighted by Gasteiger charge is -2.11. The summed E-state index contributed by atoms with van der Waals surface area (Å²) in [7, 11) is 0. The van der Waals surface area contributed by atoms with Gasteiger partial charge in [0.1, 0.15) is 0 Å². The Balaban J connectivity index is 1.70. The van der Waals surface area contributed by atoms with E-state index in [0.717, 1.165) is 17.7 Å². The summed E-state index contributed by atoms with van der Waals surface area (Å²) < 4.78 is 0. The van der Waals surface area contributed by atoms with E-state index < -0.39 is 0 Å². The normalized spacial score (nSPS) is 10.7. The van der Waals surface area contributed by atoms with Crippen LogP contribution in [0.2, 0.25) is 0 Å². The van der Waals surface area contributed by atoms with Crippen LogP contribution >= 0.6 is 0 Å². The van der Waals surface area contributed by atoms with Crippen molar-refractivity contribution in [2.75, 3.05) is 5.32 Å². The van der Waals surface area contributed by atoms with Crippen molar-refractivity contribution < 1.29 is 4.79 Å². The molecule has 0 atom stereocenters. The van der Waals surface area contributed by atoms with Crippen LogP contribution in [-0.2, 0) is 11.2 Å². The molecule has 0 spiro atoms. The number of carbonyl (C=O) groups excluding carboxylic acids is 1. The molecule has 23 heavy (non-hydrogen) atoms. The molecule has 0 radical (unpaired) electrons. The summed E-state index contributed by atoms with van der Waals surface area (Å²) in [5.74, 6) is 0.0617. The maximum Gasteiger partial charge on any atom is 0.224 e. The SMILES string of the molecule is Cc1cccc(NC(=O)CCc2cccc3ccccc23)c1C. The van der Waals surface area contributed by atoms with Crippen LogP contribution in [0.1, 0.15) is 23.1 Å². The lowest BCUT2D eigenvalue weighted by atomic mass is 10.0. The van der Waals surface area contributed by atoms with Gasteiger partial charge < -0.3 is 5.32 Å². The molecule has 2 nitrogen and oxygen atoms in total. The number of amides is 1. The highest BCUT2D eigenvalue weighted by atomic mass is 16.1. The molecule has 0 aromatic heterocycles. The Morgan fingerprint density at radius 2 is 1.65 bits per heavy atom. The van der Waals surface area contributed by atoms with E-state index in [-0.39, 0.29) is 5.91 Å². The third-order valence-electron chi connectivity index (χ3n) is 4.38. The summed E-state index contributed by atoms with van der Waals surface area (Å²) in [6, 6.07) is 20.6. The molecule has 1 amide bonds. The summed E-state index contributed by atoms with van der Waals surface area (Å²) in [5.41, 5.74) is 4.45. The number of benzene rings is 3. The Labute approximate surface area is 137 Å². The van der Waals surface area contributed by atoms with E-state index in [9.17, 15) is 4.79 Å². The van der Waals surface area contributed by atoms with Crippen molar-refractivity contribution in [1.29, 1.82) is 0 Å². The van der Waals surface area contributed by atoms with Crippen molar-refractivity contribution in [3.63, 3.8) is 0 Å². The highest BCUT2D eigenvalue weighted by Crippen LogP contribution is 2.21. The van der Waals surface area contributed by atoms with Gasteiger partial charge in [-0.15, -0.1) is 0 Å². The van der Waals surface area contributed by atoms with E-state index in [2.05, 4.69) is 48.6 Å². The summed E-state index contributed by atoms with van der Waals surface area (Å²) >= 11 is 0. The molecule has 0 aliphatic rings. The molecule has 3 aromatic carbocycles. The zero-order valence-electron chi connectivity index (χ0n) is 13.6. The average Bonchev–Trinajstić information content (AvgIpc) is 2.57. The molecule has 1 N–H and O–H groups in total. The third-order valence-corrected chi connectivity index (χ3v) is 4.38. The van der Waals surface area contributed by atoms with Gasteiger partial charge >= 0.3 is 0 Å². The van der Waals surface area contributed by atoms with E-state index in [1.807, 2.05) is 31.2 Å². The summed E-state index contributed by atoms with van der Waals surface area (Å²) in [6.07, 6.45) is 1.24. The largest absolute Gasteiger partial charge is 0.326 e. The number of fused-ring (bicyclic) bond motifs is 1. The highest BCUT2D eigenvalue weighted by Gasteiger charge is 2.07. The van der Waals surface area contributed by atoms with E-state index >= 15 is 0 Å². The number of hydrogen-bond acceptors (Lipinski definition) is 1. The molecular formula is C21H21NO. The Bertz CT molecular complexity index is 846. The first-order valence-electron chi connectivity index (χ1n) is 7.98. The van der Waals surface area contributed by atoms with Crippen LogP contribution in [0.25, 0.3) is 10.8 Å². The molecule has 0 saturated carbocycles. The van der Waals surface area contributed by atoms with Crippen molar-refractivity contribution in [2.24, 2.45) is 0 Å². The van der Waals surface area contributed by atoms with Crippen molar-refractivity contribution in [3.8, 4) is 0 Å². The van der Waals surface area contributed by atoms with Crippen molar-refractivity contribution in [1.82, 2.24) is 0 Å². The molecule has 0 heterocycles. The first-order chi connectivity index (χ1) is 11.1. The van der Waals surface area contributed by atoms with Gasteiger partial charge in [0, 0.05) is 12.1 Å². The van der Waals surface area contributed by atoms with E-state index in [1.54, 1.807) is 0 Å². The lowest BCUT2D eigenvalue weighted by molar-refractivity contribution is -0.116. The van der Waals surface area contributed by atoms with E-state index in [4.69, 9.17) is 0 Å². The fraction of sp³-hybridized carbons (Fsp3) is 0.190. The molecule has 0 saturated heterocycles. The maximum absolute atomic E-state index is 12.3. The van der Waals surface area contributed by atoms with Gasteiger partial charge in [-0.3, -0.25) is 4.79 Å². The minimum atomic E-state index is 0.0617. The molecule has 3 aromatic rings. The number of nitrogens with one attached hydrogen (secondary N) is 1. The van der Waals surface area contributed by atoms with Gasteiger partial charge in [0.05, 0.1) is 0 Å². The molecule has 0 fully saturated rings. The third kappa shape index (κ3) is 3.42. The second-order valence-electron chi connectivity index (χ2n) is 5.93. The Morgan fingerprint density at radius 3 is 2.52 bits per heavy atom. The lowest BCUT2D eigenvalue weighted by Crippen LogP contribution is -2.13.